The summed E-state index contributed by atoms with van der Waals surface area (Å²) < 4.78 is 25.9. The van der Waals surface area contributed by atoms with Crippen molar-refractivity contribution in [3.05, 3.63) is 12.7 Å². The van der Waals surface area contributed by atoms with Gasteiger partial charge in [0.15, 0.2) is 0 Å². The molecule has 178 valence electrons. The highest BCUT2D eigenvalue weighted by molar-refractivity contribution is 7.50. The Hall–Kier alpha value is -1.45. The molecule has 12 N–H and O–H groups in total. The van der Waals surface area contributed by atoms with Gasteiger partial charge in [-0.3, -0.25) is 4.79 Å². The fourth-order valence-electron chi connectivity index (χ4n) is 2.66. The lowest BCUT2D eigenvalue weighted by molar-refractivity contribution is -0.380. The summed E-state index contributed by atoms with van der Waals surface area (Å²) in [5, 5.41) is 44.7. The summed E-state index contributed by atoms with van der Waals surface area (Å²) in [6, 6.07) is -1.34. The van der Waals surface area contributed by atoms with Crippen LogP contribution in [0.25, 0.3) is 0 Å². The molecule has 7 atom stereocenters. The second-order valence-corrected chi connectivity index (χ2v) is 8.15. The first-order chi connectivity index (χ1) is 12.8. The molecule has 0 saturated carbocycles. The van der Waals surface area contributed by atoms with Gasteiger partial charge in [0.05, 0.1) is 25.4 Å². The quantitative estimate of drug-likeness (QED) is 0.140. The molecule has 0 aromatic heterocycles. The summed E-state index contributed by atoms with van der Waals surface area (Å²) in [6.07, 6.45) is -6.57. The Bertz CT molecular complexity index is 631. The standard InChI is InChI=1S/C15H26NO11P.2H3N/c1-4-5-25-15(14(21)22)6-9(18)11(16-8(2)17)13(27-15)12(20)10(19)7-26-28(3,23)24;;/h4,9-13,18-20H,1,5-7H2,2-3H3,(H,16,17)(H,21,22)(H,23,24);2*1H3/t9-,10+,11+,12+,13+,15+;;/m0../s1. The number of aliphatic carboxylic acids is 1. The monoisotopic (exact) mass is 461 g/mol. The topological polar surface area (TPSA) is 271 Å². The average Bonchev–Trinajstić information content (AvgIpc) is 2.58. The Balaban J connectivity index is 0. The molecule has 0 bridgehead atoms. The number of aliphatic hydroxyl groups excluding tert-OH is 3. The number of hydrogen-bond donors (Lipinski definition) is 6. The fourth-order valence-corrected chi connectivity index (χ4v) is 3.09. The zero-order chi connectivity index (χ0) is 21.7. The molecule has 0 aromatic carbocycles. The van der Waals surface area contributed by atoms with Crippen molar-refractivity contribution in [2.75, 3.05) is 19.9 Å². The van der Waals surface area contributed by atoms with Gasteiger partial charge in [-0.15, -0.1) is 6.58 Å². The van der Waals surface area contributed by atoms with Crippen LogP contribution in [0.3, 0.4) is 0 Å². The van der Waals surface area contributed by atoms with Crippen LogP contribution in [0.2, 0.25) is 0 Å². The highest BCUT2D eigenvalue weighted by Gasteiger charge is 2.52. The molecule has 0 aromatic rings. The molecule has 1 heterocycles. The number of carboxylic acid groups (broad SMARTS) is 1. The predicted octanol–water partition coefficient (Wildman–Crippen LogP) is -3.04. The number of nitrogens with one attached hydrogen (secondary N) is 1. The van der Waals surface area contributed by atoms with Gasteiger partial charge in [0.25, 0.3) is 0 Å². The third kappa shape index (κ3) is 8.35. The molecule has 0 aliphatic carbocycles. The van der Waals surface area contributed by atoms with Crippen molar-refractivity contribution in [1.82, 2.24) is 17.6 Å². The number of amides is 1. The van der Waals surface area contributed by atoms with Crippen LogP contribution in [-0.2, 0) is 28.2 Å². The Morgan fingerprint density at radius 3 is 2.43 bits per heavy atom. The van der Waals surface area contributed by atoms with Crippen LogP contribution < -0.4 is 27.6 Å². The van der Waals surface area contributed by atoms with Gasteiger partial charge >= 0.3 is 0 Å². The van der Waals surface area contributed by atoms with Gasteiger partial charge in [0, 0.05) is 20.0 Å². The lowest BCUT2D eigenvalue weighted by atomic mass is 9.88. The summed E-state index contributed by atoms with van der Waals surface area (Å²) in [6.45, 7) is 4.04. The van der Waals surface area contributed by atoms with Gasteiger partial charge in [-0.1, -0.05) is 6.08 Å². The van der Waals surface area contributed by atoms with Gasteiger partial charge in [-0.2, -0.15) is 0 Å². The number of carbonyl (C=O) groups excluding carboxylic acids is 2. The number of carbonyl (C=O) groups is 2. The molecule has 1 saturated heterocycles. The molecule has 0 radical (unpaired) electrons. The molecule has 1 amide bonds. The van der Waals surface area contributed by atoms with Gasteiger partial charge in [-0.25, -0.2) is 0 Å². The number of hydrogen-bond acceptors (Lipinski definition) is 11. The Kier molecular flexibility index (Phi) is 12.7. The van der Waals surface area contributed by atoms with E-state index in [9.17, 15) is 39.5 Å². The molecule has 1 aliphatic rings. The van der Waals surface area contributed by atoms with Crippen molar-refractivity contribution in [2.24, 2.45) is 0 Å². The van der Waals surface area contributed by atoms with Crippen LogP contribution >= 0.6 is 7.60 Å². The van der Waals surface area contributed by atoms with E-state index in [4.69, 9.17) is 9.47 Å². The Morgan fingerprint density at radius 1 is 1.43 bits per heavy atom. The fraction of sp³-hybridized carbons (Fsp3) is 0.733. The minimum Gasteiger partial charge on any atom is -0.779 e. The van der Waals surface area contributed by atoms with E-state index in [0.29, 0.717) is 0 Å². The highest BCUT2D eigenvalue weighted by Crippen LogP contribution is 2.34. The molecule has 1 unspecified atom stereocenters. The Labute approximate surface area is 173 Å². The zero-order valence-electron chi connectivity index (χ0n) is 17.3. The molecule has 1 aliphatic heterocycles. The predicted molar refractivity (Wildman–Crippen MR) is 100 cm³/mol. The third-order valence-corrected chi connectivity index (χ3v) is 4.52. The minimum atomic E-state index is -4.23. The largest absolute Gasteiger partial charge is 0.779 e. The van der Waals surface area contributed by atoms with Crippen molar-refractivity contribution in [2.45, 2.75) is 49.6 Å². The molecular weight excluding hydrogens is 429 g/mol. The molecule has 1 fully saturated rings. The lowest BCUT2D eigenvalue weighted by Gasteiger charge is -2.48. The van der Waals surface area contributed by atoms with Gasteiger partial charge in [0.1, 0.15) is 31.9 Å². The van der Waals surface area contributed by atoms with E-state index in [1.807, 2.05) is 0 Å². The van der Waals surface area contributed by atoms with Crippen molar-refractivity contribution >= 4 is 19.5 Å². The molecule has 0 spiro atoms. The smallest absolute Gasteiger partial charge is 0.217 e. The normalized spacial score (nSPS) is 29.9. The summed E-state index contributed by atoms with van der Waals surface area (Å²) in [7, 11) is -4.23. The number of aliphatic hydroxyl groups is 3. The van der Waals surface area contributed by atoms with Crippen LogP contribution in [-0.4, -0.2) is 83.3 Å². The van der Waals surface area contributed by atoms with E-state index in [-0.39, 0.29) is 18.9 Å². The van der Waals surface area contributed by atoms with Crippen molar-refractivity contribution in [1.29, 1.82) is 0 Å². The maximum Gasteiger partial charge on any atom is 0.217 e. The van der Waals surface area contributed by atoms with Crippen LogP contribution in [0.15, 0.2) is 12.7 Å². The van der Waals surface area contributed by atoms with E-state index < -0.39 is 68.7 Å². The number of ether oxygens (including phenoxy) is 2. The maximum atomic E-state index is 11.6. The zero-order valence-corrected chi connectivity index (χ0v) is 18.2. The number of rotatable bonds is 10. The molecule has 30 heavy (non-hydrogen) atoms. The summed E-state index contributed by atoms with van der Waals surface area (Å²) in [5.41, 5.74) is 0. The van der Waals surface area contributed by atoms with Gasteiger partial charge in [0.2, 0.25) is 11.7 Å². The second kappa shape index (κ2) is 12.4. The summed E-state index contributed by atoms with van der Waals surface area (Å²) >= 11 is 0. The molecule has 1 rings (SSSR count). The highest BCUT2D eigenvalue weighted by atomic mass is 31.2. The van der Waals surface area contributed by atoms with Crippen molar-refractivity contribution in [3.8, 4) is 0 Å². The van der Waals surface area contributed by atoms with Gasteiger partial charge in [-0.05, 0) is 0 Å². The Morgan fingerprint density at radius 2 is 2.00 bits per heavy atom. The van der Waals surface area contributed by atoms with E-state index in [2.05, 4.69) is 16.4 Å². The number of carboxylic acids is 1. The van der Waals surface area contributed by atoms with Crippen LogP contribution in [0, 0.1) is 0 Å². The van der Waals surface area contributed by atoms with Crippen LogP contribution in [0.1, 0.15) is 13.3 Å². The van der Waals surface area contributed by atoms with Crippen LogP contribution in [0.5, 0.6) is 0 Å². The summed E-state index contributed by atoms with van der Waals surface area (Å²) in [4.78, 5) is 34.1. The summed E-state index contributed by atoms with van der Waals surface area (Å²) in [5.74, 6) is -5.01. The SMILES string of the molecule is C=CCO[C@]1(C(=O)[O-])C[C@H](O)[C@@H](NC(C)=O)[C@H]([C@H](O)[C@H](O)COP(C)(=O)[O-])O1.[NH4+].[NH4+]. The average molecular weight is 461 g/mol. The minimum absolute atomic E-state index is 0. The van der Waals surface area contributed by atoms with E-state index in [0.717, 1.165) is 13.6 Å². The van der Waals surface area contributed by atoms with Crippen molar-refractivity contribution < 1.29 is 53.5 Å². The number of quaternary nitrogens is 2. The second-order valence-electron chi connectivity index (χ2n) is 6.35. The first kappa shape index (κ1) is 30.7. The van der Waals surface area contributed by atoms with Crippen LogP contribution in [0.4, 0.5) is 0 Å². The van der Waals surface area contributed by atoms with E-state index in [1.54, 1.807) is 0 Å². The van der Waals surface area contributed by atoms with E-state index in [1.165, 1.54) is 6.08 Å². The van der Waals surface area contributed by atoms with Crippen molar-refractivity contribution in [3.63, 3.8) is 0 Å². The van der Waals surface area contributed by atoms with E-state index >= 15 is 0 Å². The lowest BCUT2D eigenvalue weighted by Crippen LogP contribution is -2.69. The first-order valence-electron chi connectivity index (χ1n) is 8.21. The molecular formula is C15H32N3O11P. The maximum absolute atomic E-state index is 11.6. The first-order valence-corrected chi connectivity index (χ1v) is 10.2. The van der Waals surface area contributed by atoms with Gasteiger partial charge < -0.3 is 66.3 Å². The third-order valence-electron chi connectivity index (χ3n) is 3.90. The molecule has 15 heteroatoms. The molecule has 14 nitrogen and oxygen atoms in total.